The molecule has 0 radical (unpaired) electrons. The SMILES string of the molecule is COc1ccc([C@@H]2C(C(=O)Nc3ccccc3)=C(C)N=c3s/c(=C/c4cc5c(cc4Cl)OCO5)c(=O)n32)cc1. The van der Waals surface area contributed by atoms with Gasteiger partial charge in [-0.3, -0.25) is 14.2 Å². The molecule has 1 atom stereocenters. The van der Waals surface area contributed by atoms with Gasteiger partial charge in [0, 0.05) is 11.8 Å². The number of nitrogens with one attached hydrogen (secondary N) is 1. The van der Waals surface area contributed by atoms with Crippen LogP contribution in [-0.4, -0.2) is 24.4 Å². The molecule has 0 saturated heterocycles. The van der Waals surface area contributed by atoms with Crippen molar-refractivity contribution in [3.8, 4) is 17.2 Å². The number of allylic oxidation sites excluding steroid dienone is 1. The zero-order valence-corrected chi connectivity index (χ0v) is 22.5. The monoisotopic (exact) mass is 559 g/mol. The first-order valence-electron chi connectivity index (χ1n) is 12.0. The zero-order valence-electron chi connectivity index (χ0n) is 20.9. The number of amides is 1. The minimum Gasteiger partial charge on any atom is -0.497 e. The Kier molecular flexibility index (Phi) is 6.46. The summed E-state index contributed by atoms with van der Waals surface area (Å²) in [6.45, 7) is 1.90. The molecule has 0 aliphatic carbocycles. The number of benzene rings is 3. The van der Waals surface area contributed by atoms with E-state index in [4.69, 9.17) is 25.8 Å². The van der Waals surface area contributed by atoms with Gasteiger partial charge in [0.25, 0.3) is 11.5 Å². The summed E-state index contributed by atoms with van der Waals surface area (Å²) in [7, 11) is 1.59. The predicted octanol–water partition coefficient (Wildman–Crippen LogP) is 4.26. The number of nitrogens with zero attached hydrogens (tertiary/aromatic N) is 2. The third-order valence-electron chi connectivity index (χ3n) is 6.51. The standard InChI is InChI=1S/C29H22ClN3O5S/c1-16-25(27(34)32-19-6-4-3-5-7-19)26(17-8-10-20(36-2)11-9-17)33-28(35)24(39-29(33)31-16)13-18-12-22-23(14-21(18)30)38-15-37-22/h3-14,26H,15H2,1-2H3,(H,32,34)/b24-13+/t26-/m1/s1. The Hall–Kier alpha value is -4.34. The third kappa shape index (κ3) is 4.60. The molecule has 196 valence electrons. The van der Waals surface area contributed by atoms with E-state index < -0.39 is 6.04 Å². The van der Waals surface area contributed by atoms with Crippen molar-refractivity contribution in [1.82, 2.24) is 4.57 Å². The maximum absolute atomic E-state index is 13.9. The Morgan fingerprint density at radius 2 is 1.85 bits per heavy atom. The molecule has 0 unspecified atom stereocenters. The van der Waals surface area contributed by atoms with Crippen LogP contribution >= 0.6 is 22.9 Å². The molecule has 0 spiro atoms. The molecule has 39 heavy (non-hydrogen) atoms. The number of fused-ring (bicyclic) bond motifs is 2. The van der Waals surface area contributed by atoms with E-state index in [9.17, 15) is 9.59 Å². The Labute approximate surface area is 232 Å². The molecule has 1 N–H and O–H groups in total. The van der Waals surface area contributed by atoms with Crippen molar-refractivity contribution in [1.29, 1.82) is 0 Å². The summed E-state index contributed by atoms with van der Waals surface area (Å²) in [5.41, 5.74) is 2.63. The highest BCUT2D eigenvalue weighted by Crippen LogP contribution is 2.37. The van der Waals surface area contributed by atoms with E-state index in [0.717, 1.165) is 5.56 Å². The first-order valence-corrected chi connectivity index (χ1v) is 13.2. The Morgan fingerprint density at radius 3 is 2.56 bits per heavy atom. The number of hydrogen-bond donors (Lipinski definition) is 1. The summed E-state index contributed by atoms with van der Waals surface area (Å²) in [5, 5.41) is 3.37. The van der Waals surface area contributed by atoms with E-state index >= 15 is 0 Å². The lowest BCUT2D eigenvalue weighted by Gasteiger charge is -2.25. The molecule has 1 aromatic heterocycles. The Balaban J connectivity index is 1.50. The fraction of sp³-hybridized carbons (Fsp3) is 0.138. The number of hydrogen-bond acceptors (Lipinski definition) is 7. The number of rotatable bonds is 5. The van der Waals surface area contributed by atoms with Crippen LogP contribution < -0.4 is 34.4 Å². The molecule has 2 aliphatic rings. The maximum Gasteiger partial charge on any atom is 0.271 e. The van der Waals surface area contributed by atoms with E-state index in [1.165, 1.54) is 11.3 Å². The van der Waals surface area contributed by atoms with E-state index in [-0.39, 0.29) is 18.3 Å². The van der Waals surface area contributed by atoms with Crippen molar-refractivity contribution < 1.29 is 19.0 Å². The van der Waals surface area contributed by atoms with Crippen LogP contribution in [0.2, 0.25) is 5.02 Å². The van der Waals surface area contributed by atoms with Crippen molar-refractivity contribution in [2.75, 3.05) is 19.2 Å². The number of aromatic nitrogens is 1. The number of thiazole rings is 1. The highest BCUT2D eigenvalue weighted by molar-refractivity contribution is 7.07. The summed E-state index contributed by atoms with van der Waals surface area (Å²) in [6.07, 6.45) is 1.71. The molecule has 0 fully saturated rings. The second-order valence-corrected chi connectivity index (χ2v) is 10.3. The molecule has 1 amide bonds. The quantitative estimate of drug-likeness (QED) is 0.394. The number of ether oxygens (including phenoxy) is 3. The molecule has 6 rings (SSSR count). The van der Waals surface area contributed by atoms with Crippen LogP contribution in [0.4, 0.5) is 5.69 Å². The lowest BCUT2D eigenvalue weighted by atomic mass is 9.95. The van der Waals surface area contributed by atoms with Gasteiger partial charge in [0.15, 0.2) is 16.3 Å². The number of halogens is 1. The lowest BCUT2D eigenvalue weighted by Crippen LogP contribution is -2.40. The smallest absolute Gasteiger partial charge is 0.271 e. The van der Waals surface area contributed by atoms with Gasteiger partial charge in [-0.2, -0.15) is 0 Å². The van der Waals surface area contributed by atoms with Crippen molar-refractivity contribution in [2.24, 2.45) is 4.99 Å². The minimum absolute atomic E-state index is 0.117. The van der Waals surface area contributed by atoms with Crippen molar-refractivity contribution >= 4 is 40.6 Å². The second-order valence-electron chi connectivity index (χ2n) is 8.90. The van der Waals surface area contributed by atoms with Crippen LogP contribution in [0.25, 0.3) is 6.08 Å². The molecule has 10 heteroatoms. The van der Waals surface area contributed by atoms with Gasteiger partial charge in [-0.1, -0.05) is 53.3 Å². The van der Waals surface area contributed by atoms with E-state index in [0.29, 0.717) is 54.1 Å². The Bertz CT molecular complexity index is 1810. The van der Waals surface area contributed by atoms with Crippen LogP contribution in [0.5, 0.6) is 17.2 Å². The first kappa shape index (κ1) is 25.0. The van der Waals surface area contributed by atoms with Crippen LogP contribution in [-0.2, 0) is 4.79 Å². The van der Waals surface area contributed by atoms with Crippen LogP contribution in [0.15, 0.2) is 87.8 Å². The van der Waals surface area contributed by atoms with Gasteiger partial charge < -0.3 is 19.5 Å². The lowest BCUT2D eigenvalue weighted by molar-refractivity contribution is -0.113. The van der Waals surface area contributed by atoms with Crippen LogP contribution in [0.1, 0.15) is 24.1 Å². The number of anilines is 1. The normalized spacial score (nSPS) is 16.1. The fourth-order valence-electron chi connectivity index (χ4n) is 4.62. The van der Waals surface area contributed by atoms with Gasteiger partial charge in [0.05, 0.1) is 34.0 Å². The van der Waals surface area contributed by atoms with Crippen molar-refractivity contribution in [2.45, 2.75) is 13.0 Å². The summed E-state index contributed by atoms with van der Waals surface area (Å²) in [5.74, 6) is 1.45. The average molecular weight is 560 g/mol. The molecule has 4 aromatic rings. The summed E-state index contributed by atoms with van der Waals surface area (Å²) in [4.78, 5) is 32.7. The van der Waals surface area contributed by atoms with Crippen molar-refractivity contribution in [3.63, 3.8) is 0 Å². The van der Waals surface area contributed by atoms with Gasteiger partial charge >= 0.3 is 0 Å². The van der Waals surface area contributed by atoms with Gasteiger partial charge in [-0.15, -0.1) is 0 Å². The van der Waals surface area contributed by atoms with E-state index in [1.54, 1.807) is 61.1 Å². The molecule has 2 aliphatic heterocycles. The summed E-state index contributed by atoms with van der Waals surface area (Å²) in [6, 6.07) is 19.2. The molecular formula is C29H22ClN3O5S. The molecule has 8 nitrogen and oxygen atoms in total. The minimum atomic E-state index is -0.703. The third-order valence-corrected chi connectivity index (χ3v) is 7.82. The van der Waals surface area contributed by atoms with Gasteiger partial charge in [0.2, 0.25) is 6.79 Å². The first-order chi connectivity index (χ1) is 18.9. The van der Waals surface area contributed by atoms with Crippen molar-refractivity contribution in [3.05, 3.63) is 114 Å². The zero-order chi connectivity index (χ0) is 27.1. The van der Waals surface area contributed by atoms with Gasteiger partial charge in [-0.05, 0) is 54.5 Å². The average Bonchev–Trinajstić information content (AvgIpc) is 3.51. The fourth-order valence-corrected chi connectivity index (χ4v) is 5.86. The summed E-state index contributed by atoms with van der Waals surface area (Å²) < 4.78 is 18.2. The van der Waals surface area contributed by atoms with Gasteiger partial charge in [-0.25, -0.2) is 4.99 Å². The molecular weight excluding hydrogens is 538 g/mol. The second kappa shape index (κ2) is 10.1. The van der Waals surface area contributed by atoms with Crippen LogP contribution in [0, 0.1) is 0 Å². The number of para-hydroxylation sites is 1. The van der Waals surface area contributed by atoms with E-state index in [2.05, 4.69) is 10.3 Å². The number of methoxy groups -OCH3 is 1. The van der Waals surface area contributed by atoms with E-state index in [1.807, 2.05) is 30.3 Å². The van der Waals surface area contributed by atoms with Gasteiger partial charge in [0.1, 0.15) is 5.75 Å². The summed E-state index contributed by atoms with van der Waals surface area (Å²) >= 11 is 7.72. The molecule has 3 aromatic carbocycles. The maximum atomic E-state index is 13.9. The predicted molar refractivity (Wildman–Crippen MR) is 149 cm³/mol. The molecule has 3 heterocycles. The topological polar surface area (TPSA) is 91.2 Å². The highest BCUT2D eigenvalue weighted by Gasteiger charge is 2.32. The molecule has 0 bridgehead atoms. The highest BCUT2D eigenvalue weighted by atomic mass is 35.5. The Morgan fingerprint density at radius 1 is 1.13 bits per heavy atom. The largest absolute Gasteiger partial charge is 0.497 e. The molecule has 0 saturated carbocycles. The van der Waals surface area contributed by atoms with Crippen LogP contribution in [0.3, 0.4) is 0 Å². The number of carbonyl (C=O) groups excluding carboxylic acids is 1. The number of carbonyl (C=O) groups is 1.